The van der Waals surface area contributed by atoms with Crippen LogP contribution in [0.3, 0.4) is 0 Å². The van der Waals surface area contributed by atoms with Crippen LogP contribution < -0.4 is 5.32 Å². The summed E-state index contributed by atoms with van der Waals surface area (Å²) in [6.45, 7) is 6.92. The zero-order chi connectivity index (χ0) is 15.2. The number of hydrogen-bond acceptors (Lipinski definition) is 3. The highest BCUT2D eigenvalue weighted by atomic mass is 16.4. The predicted molar refractivity (Wildman–Crippen MR) is 84.6 cm³/mol. The highest BCUT2D eigenvalue weighted by molar-refractivity contribution is 5.73. The average molecular weight is 290 g/mol. The molecule has 1 heterocycles. The van der Waals surface area contributed by atoms with Gasteiger partial charge in [0.1, 0.15) is 6.04 Å². The maximum Gasteiger partial charge on any atom is 0.320 e. The number of nitrogens with zero attached hydrogens (tertiary/aromatic N) is 1. The van der Waals surface area contributed by atoms with Crippen LogP contribution in [-0.4, -0.2) is 47.7 Å². The third kappa shape index (κ3) is 4.83. The molecule has 2 unspecified atom stereocenters. The fourth-order valence-corrected chi connectivity index (χ4v) is 3.03. The van der Waals surface area contributed by atoms with Crippen molar-refractivity contribution in [2.45, 2.75) is 44.7 Å². The average Bonchev–Trinajstić information content (AvgIpc) is 2.92. The Kier molecular flexibility index (Phi) is 5.76. The van der Waals surface area contributed by atoms with E-state index in [1.54, 1.807) is 0 Å². The van der Waals surface area contributed by atoms with Crippen molar-refractivity contribution in [2.75, 3.05) is 19.6 Å². The van der Waals surface area contributed by atoms with E-state index in [1.807, 2.05) is 19.9 Å². The number of carboxylic acid groups (broad SMARTS) is 1. The molecule has 0 spiro atoms. The maximum absolute atomic E-state index is 11.2. The summed E-state index contributed by atoms with van der Waals surface area (Å²) in [5.41, 5.74) is 1.40. The summed E-state index contributed by atoms with van der Waals surface area (Å²) in [7, 11) is 0. The van der Waals surface area contributed by atoms with Gasteiger partial charge in [-0.2, -0.15) is 0 Å². The van der Waals surface area contributed by atoms with Crippen molar-refractivity contribution < 1.29 is 9.90 Å². The van der Waals surface area contributed by atoms with Crippen molar-refractivity contribution in [1.29, 1.82) is 0 Å². The smallest absolute Gasteiger partial charge is 0.320 e. The molecule has 0 bridgehead atoms. The summed E-state index contributed by atoms with van der Waals surface area (Å²) in [4.78, 5) is 13.6. The molecule has 1 aromatic carbocycles. The van der Waals surface area contributed by atoms with Gasteiger partial charge in [-0.25, -0.2) is 0 Å². The molecule has 2 atom stereocenters. The SMILES string of the molecule is CC(C)NC(CCN1CCC(c2ccccc2)C1)C(=O)O. The fourth-order valence-electron chi connectivity index (χ4n) is 3.03. The van der Waals surface area contributed by atoms with Gasteiger partial charge in [0.15, 0.2) is 0 Å². The molecule has 0 aromatic heterocycles. The van der Waals surface area contributed by atoms with Crippen LogP contribution in [0.5, 0.6) is 0 Å². The largest absolute Gasteiger partial charge is 0.480 e. The molecule has 0 aliphatic carbocycles. The Morgan fingerprint density at radius 3 is 2.71 bits per heavy atom. The first-order valence-electron chi connectivity index (χ1n) is 7.82. The van der Waals surface area contributed by atoms with E-state index in [2.05, 4.69) is 34.5 Å². The predicted octanol–water partition coefficient (Wildman–Crippen LogP) is 2.32. The normalized spacial score (nSPS) is 20.8. The topological polar surface area (TPSA) is 52.6 Å². The Balaban J connectivity index is 1.81. The molecule has 21 heavy (non-hydrogen) atoms. The lowest BCUT2D eigenvalue weighted by Crippen LogP contribution is -2.42. The second kappa shape index (κ2) is 7.57. The third-order valence-electron chi connectivity index (χ3n) is 4.11. The number of benzene rings is 1. The summed E-state index contributed by atoms with van der Waals surface area (Å²) in [6, 6.07) is 10.4. The number of hydrogen-bond donors (Lipinski definition) is 2. The first kappa shape index (κ1) is 16.0. The van der Waals surface area contributed by atoms with Crippen molar-refractivity contribution in [3.05, 3.63) is 35.9 Å². The number of carbonyl (C=O) groups is 1. The number of carboxylic acids is 1. The third-order valence-corrected chi connectivity index (χ3v) is 4.11. The molecule has 1 fully saturated rings. The molecule has 2 rings (SSSR count). The number of aliphatic carboxylic acids is 1. The molecule has 4 heteroatoms. The summed E-state index contributed by atoms with van der Waals surface area (Å²) >= 11 is 0. The van der Waals surface area contributed by atoms with Crippen molar-refractivity contribution in [3.63, 3.8) is 0 Å². The minimum atomic E-state index is -0.748. The minimum absolute atomic E-state index is 0.196. The second-order valence-corrected chi connectivity index (χ2v) is 6.20. The van der Waals surface area contributed by atoms with Crippen LogP contribution in [0, 0.1) is 0 Å². The van der Waals surface area contributed by atoms with Gasteiger partial charge in [0, 0.05) is 19.1 Å². The van der Waals surface area contributed by atoms with Crippen LogP contribution in [0.1, 0.15) is 38.2 Å². The zero-order valence-corrected chi connectivity index (χ0v) is 13.0. The van der Waals surface area contributed by atoms with Gasteiger partial charge in [0.25, 0.3) is 0 Å². The standard InChI is InChI=1S/C17H26N2O2/c1-13(2)18-16(17(20)21)9-11-19-10-8-15(12-19)14-6-4-3-5-7-14/h3-7,13,15-16,18H,8-12H2,1-2H3,(H,20,21). The molecule has 4 nitrogen and oxygen atoms in total. The molecule has 1 aliphatic rings. The fraction of sp³-hybridized carbons (Fsp3) is 0.588. The van der Waals surface area contributed by atoms with Crippen molar-refractivity contribution in [3.8, 4) is 0 Å². The van der Waals surface area contributed by atoms with Gasteiger partial charge < -0.3 is 15.3 Å². The Morgan fingerprint density at radius 1 is 1.38 bits per heavy atom. The van der Waals surface area contributed by atoms with E-state index >= 15 is 0 Å². The number of rotatable bonds is 7. The summed E-state index contributed by atoms with van der Waals surface area (Å²) in [5, 5.41) is 12.4. The zero-order valence-electron chi connectivity index (χ0n) is 13.0. The number of likely N-dealkylation sites (tertiary alicyclic amines) is 1. The quantitative estimate of drug-likeness (QED) is 0.809. The first-order chi connectivity index (χ1) is 10.1. The van der Waals surface area contributed by atoms with Gasteiger partial charge in [0.05, 0.1) is 0 Å². The summed E-state index contributed by atoms with van der Waals surface area (Å²) < 4.78 is 0. The van der Waals surface area contributed by atoms with E-state index in [4.69, 9.17) is 0 Å². The number of nitrogens with one attached hydrogen (secondary N) is 1. The Morgan fingerprint density at radius 2 is 2.10 bits per heavy atom. The van der Waals surface area contributed by atoms with Crippen LogP contribution in [0.25, 0.3) is 0 Å². The van der Waals surface area contributed by atoms with E-state index in [0.29, 0.717) is 12.3 Å². The van der Waals surface area contributed by atoms with Gasteiger partial charge in [-0.05, 0) is 30.9 Å². The van der Waals surface area contributed by atoms with E-state index in [-0.39, 0.29) is 6.04 Å². The van der Waals surface area contributed by atoms with E-state index in [9.17, 15) is 9.90 Å². The Bertz CT molecular complexity index is 447. The molecular formula is C17H26N2O2. The van der Waals surface area contributed by atoms with Crippen LogP contribution >= 0.6 is 0 Å². The van der Waals surface area contributed by atoms with Gasteiger partial charge in [-0.3, -0.25) is 4.79 Å². The lowest BCUT2D eigenvalue weighted by molar-refractivity contribution is -0.139. The highest BCUT2D eigenvalue weighted by Gasteiger charge is 2.25. The van der Waals surface area contributed by atoms with E-state index in [1.165, 1.54) is 12.0 Å². The lowest BCUT2D eigenvalue weighted by Gasteiger charge is -2.21. The Hall–Kier alpha value is -1.39. The lowest BCUT2D eigenvalue weighted by atomic mass is 9.99. The van der Waals surface area contributed by atoms with Gasteiger partial charge >= 0.3 is 5.97 Å². The molecule has 0 saturated carbocycles. The monoisotopic (exact) mass is 290 g/mol. The molecule has 116 valence electrons. The molecule has 1 aliphatic heterocycles. The minimum Gasteiger partial charge on any atom is -0.480 e. The molecule has 0 amide bonds. The molecular weight excluding hydrogens is 264 g/mol. The summed E-state index contributed by atoms with van der Waals surface area (Å²) in [5.74, 6) is -0.157. The van der Waals surface area contributed by atoms with E-state index < -0.39 is 12.0 Å². The van der Waals surface area contributed by atoms with Crippen LogP contribution in [0.2, 0.25) is 0 Å². The van der Waals surface area contributed by atoms with Gasteiger partial charge in [-0.1, -0.05) is 44.2 Å². The van der Waals surface area contributed by atoms with Crippen molar-refractivity contribution in [1.82, 2.24) is 10.2 Å². The Labute approximate surface area is 127 Å². The van der Waals surface area contributed by atoms with E-state index in [0.717, 1.165) is 19.6 Å². The van der Waals surface area contributed by atoms with Crippen molar-refractivity contribution in [2.24, 2.45) is 0 Å². The maximum atomic E-state index is 11.2. The van der Waals surface area contributed by atoms with Crippen molar-refractivity contribution >= 4 is 5.97 Å². The summed E-state index contributed by atoms with van der Waals surface area (Å²) in [6.07, 6.45) is 1.83. The second-order valence-electron chi connectivity index (χ2n) is 6.20. The molecule has 1 aromatic rings. The highest BCUT2D eigenvalue weighted by Crippen LogP contribution is 2.26. The first-order valence-corrected chi connectivity index (χ1v) is 7.82. The van der Waals surface area contributed by atoms with Gasteiger partial charge in [-0.15, -0.1) is 0 Å². The van der Waals surface area contributed by atoms with Crippen LogP contribution in [0.4, 0.5) is 0 Å². The van der Waals surface area contributed by atoms with Gasteiger partial charge in [0.2, 0.25) is 0 Å². The molecule has 0 radical (unpaired) electrons. The molecule has 2 N–H and O–H groups in total. The van der Waals surface area contributed by atoms with Crippen LogP contribution in [-0.2, 0) is 4.79 Å². The molecule has 1 saturated heterocycles. The van der Waals surface area contributed by atoms with Crippen LogP contribution in [0.15, 0.2) is 30.3 Å².